The van der Waals surface area contributed by atoms with Crippen molar-refractivity contribution in [2.24, 2.45) is 15.0 Å². The minimum atomic E-state index is -0.0907. The van der Waals surface area contributed by atoms with Gasteiger partial charge in [-0.2, -0.15) is 0 Å². The number of benzene rings is 1. The Hall–Kier alpha value is -2.41. The molecule has 0 aromatic heterocycles. The highest BCUT2D eigenvalue weighted by molar-refractivity contribution is 6.06. The van der Waals surface area contributed by atoms with E-state index in [9.17, 15) is 5.11 Å². The van der Waals surface area contributed by atoms with Gasteiger partial charge in [0.2, 0.25) is 0 Å². The highest BCUT2D eigenvalue weighted by Gasteiger charge is 2.38. The molecule has 27 heavy (non-hydrogen) atoms. The quantitative estimate of drug-likeness (QED) is 0.646. The SMILES string of the molecule is CCCN1C=NC2C(=NCCc3ccccc3)NC(N[C@H](CC)CO)=NC21. The van der Waals surface area contributed by atoms with Gasteiger partial charge in [0.15, 0.2) is 12.1 Å². The average Bonchev–Trinajstić information content (AvgIpc) is 3.10. The second-order valence-corrected chi connectivity index (χ2v) is 6.90. The highest BCUT2D eigenvalue weighted by Crippen LogP contribution is 2.19. The van der Waals surface area contributed by atoms with Gasteiger partial charge in [-0.3, -0.25) is 9.98 Å². The summed E-state index contributed by atoms with van der Waals surface area (Å²) in [5.74, 6) is 1.51. The van der Waals surface area contributed by atoms with Crippen molar-refractivity contribution in [3.8, 4) is 0 Å². The summed E-state index contributed by atoms with van der Waals surface area (Å²) in [6, 6.07) is 10.3. The van der Waals surface area contributed by atoms with Crippen molar-refractivity contribution in [1.82, 2.24) is 15.5 Å². The zero-order valence-corrected chi connectivity index (χ0v) is 16.2. The van der Waals surface area contributed by atoms with E-state index in [0.29, 0.717) is 12.5 Å². The number of rotatable bonds is 8. The molecule has 2 heterocycles. The molecule has 1 aromatic carbocycles. The Bertz CT molecular complexity index is 683. The highest BCUT2D eigenvalue weighted by atomic mass is 16.3. The van der Waals surface area contributed by atoms with E-state index in [0.717, 1.165) is 31.6 Å². The van der Waals surface area contributed by atoms with Gasteiger partial charge >= 0.3 is 0 Å². The van der Waals surface area contributed by atoms with Crippen LogP contribution in [0.25, 0.3) is 0 Å². The fourth-order valence-electron chi connectivity index (χ4n) is 3.28. The molecule has 3 N–H and O–H groups in total. The van der Waals surface area contributed by atoms with Gasteiger partial charge in [-0.05, 0) is 24.8 Å². The summed E-state index contributed by atoms with van der Waals surface area (Å²) in [4.78, 5) is 16.4. The van der Waals surface area contributed by atoms with Gasteiger partial charge in [-0.1, -0.05) is 44.2 Å². The molecule has 1 aromatic rings. The molecule has 0 spiro atoms. The first kappa shape index (κ1) is 19.4. The molecule has 3 rings (SSSR count). The van der Waals surface area contributed by atoms with Crippen LogP contribution in [-0.2, 0) is 6.42 Å². The predicted octanol–water partition coefficient (Wildman–Crippen LogP) is 1.40. The molecule has 3 atom stereocenters. The van der Waals surface area contributed by atoms with Crippen molar-refractivity contribution >= 4 is 18.1 Å². The van der Waals surface area contributed by atoms with Crippen LogP contribution in [0.1, 0.15) is 32.3 Å². The van der Waals surface area contributed by atoms with Crippen LogP contribution in [0.4, 0.5) is 0 Å². The van der Waals surface area contributed by atoms with Gasteiger partial charge in [-0.25, -0.2) is 4.99 Å². The van der Waals surface area contributed by atoms with Crippen molar-refractivity contribution in [1.29, 1.82) is 0 Å². The van der Waals surface area contributed by atoms with Crippen LogP contribution in [0, 0.1) is 0 Å². The molecule has 0 amide bonds. The molecule has 0 saturated carbocycles. The minimum Gasteiger partial charge on any atom is -0.394 e. The smallest absolute Gasteiger partial charge is 0.199 e. The second kappa shape index (κ2) is 9.50. The Morgan fingerprint density at radius 1 is 1.30 bits per heavy atom. The van der Waals surface area contributed by atoms with E-state index in [1.54, 1.807) is 0 Å². The Balaban J connectivity index is 1.73. The average molecular weight is 371 g/mol. The zero-order chi connectivity index (χ0) is 19.1. The van der Waals surface area contributed by atoms with E-state index in [4.69, 9.17) is 9.98 Å². The Morgan fingerprint density at radius 2 is 2.11 bits per heavy atom. The van der Waals surface area contributed by atoms with Crippen LogP contribution >= 0.6 is 0 Å². The summed E-state index contributed by atoms with van der Waals surface area (Å²) in [7, 11) is 0. The molecule has 0 saturated heterocycles. The van der Waals surface area contributed by atoms with Crippen molar-refractivity contribution in [3.05, 3.63) is 35.9 Å². The van der Waals surface area contributed by atoms with Crippen LogP contribution in [0.5, 0.6) is 0 Å². The molecule has 0 radical (unpaired) electrons. The number of aliphatic hydroxyl groups excluding tert-OH is 1. The molecule has 7 heteroatoms. The molecule has 2 aliphatic rings. The molecule has 0 bridgehead atoms. The van der Waals surface area contributed by atoms with Gasteiger partial charge in [0.05, 0.1) is 19.0 Å². The van der Waals surface area contributed by atoms with Crippen LogP contribution in [0.3, 0.4) is 0 Å². The monoisotopic (exact) mass is 370 g/mol. The number of amidine groups is 1. The van der Waals surface area contributed by atoms with Crippen LogP contribution in [0.15, 0.2) is 45.3 Å². The van der Waals surface area contributed by atoms with Crippen molar-refractivity contribution in [3.63, 3.8) is 0 Å². The maximum absolute atomic E-state index is 9.50. The number of nitrogens with one attached hydrogen (secondary N) is 2. The first-order valence-electron chi connectivity index (χ1n) is 9.84. The lowest BCUT2D eigenvalue weighted by Gasteiger charge is -2.32. The number of nitrogens with zero attached hydrogens (tertiary/aromatic N) is 4. The third-order valence-electron chi connectivity index (χ3n) is 4.85. The largest absolute Gasteiger partial charge is 0.394 e. The van der Waals surface area contributed by atoms with Crippen LogP contribution < -0.4 is 10.6 Å². The number of aliphatic hydroxyl groups is 1. The lowest BCUT2D eigenvalue weighted by Crippen LogP contribution is -2.57. The molecule has 0 aliphatic carbocycles. The molecule has 2 aliphatic heterocycles. The molecule has 2 unspecified atom stereocenters. The summed E-state index contributed by atoms with van der Waals surface area (Å²) in [6.07, 6.45) is 4.57. The maximum atomic E-state index is 9.50. The van der Waals surface area contributed by atoms with E-state index in [2.05, 4.69) is 51.7 Å². The summed E-state index contributed by atoms with van der Waals surface area (Å²) < 4.78 is 0. The summed E-state index contributed by atoms with van der Waals surface area (Å²) in [5, 5.41) is 16.1. The normalized spacial score (nSPS) is 23.7. The van der Waals surface area contributed by atoms with E-state index >= 15 is 0 Å². The number of guanidine groups is 1. The van der Waals surface area contributed by atoms with E-state index in [1.165, 1.54) is 5.56 Å². The molecular formula is C20H30N6O. The van der Waals surface area contributed by atoms with Gasteiger partial charge < -0.3 is 20.6 Å². The maximum Gasteiger partial charge on any atom is 0.199 e. The summed E-state index contributed by atoms with van der Waals surface area (Å²) >= 11 is 0. The Kier molecular flexibility index (Phi) is 6.81. The number of hydrogen-bond donors (Lipinski definition) is 3. The minimum absolute atomic E-state index is 0.0275. The summed E-state index contributed by atoms with van der Waals surface area (Å²) in [5.41, 5.74) is 1.27. The third kappa shape index (κ3) is 4.86. The van der Waals surface area contributed by atoms with E-state index in [1.807, 2.05) is 19.3 Å². The van der Waals surface area contributed by atoms with E-state index in [-0.39, 0.29) is 24.9 Å². The lowest BCUT2D eigenvalue weighted by molar-refractivity contribution is 0.251. The molecular weight excluding hydrogens is 340 g/mol. The van der Waals surface area contributed by atoms with Gasteiger partial charge in [-0.15, -0.1) is 0 Å². The fourth-order valence-corrected chi connectivity index (χ4v) is 3.28. The zero-order valence-electron chi connectivity index (χ0n) is 16.2. The Labute approximate surface area is 161 Å². The third-order valence-corrected chi connectivity index (χ3v) is 4.85. The Morgan fingerprint density at radius 3 is 2.81 bits per heavy atom. The van der Waals surface area contributed by atoms with Crippen molar-refractivity contribution in [2.45, 2.75) is 51.4 Å². The second-order valence-electron chi connectivity index (χ2n) is 6.90. The van der Waals surface area contributed by atoms with Gasteiger partial charge in [0, 0.05) is 13.1 Å². The topological polar surface area (TPSA) is 84.6 Å². The van der Waals surface area contributed by atoms with Gasteiger partial charge in [0.25, 0.3) is 0 Å². The lowest BCUT2D eigenvalue weighted by atomic mass is 10.1. The van der Waals surface area contributed by atoms with Crippen LogP contribution in [0.2, 0.25) is 0 Å². The van der Waals surface area contributed by atoms with Crippen molar-refractivity contribution < 1.29 is 5.11 Å². The van der Waals surface area contributed by atoms with Crippen LogP contribution in [-0.4, -0.2) is 66.1 Å². The van der Waals surface area contributed by atoms with E-state index < -0.39 is 0 Å². The molecule has 7 nitrogen and oxygen atoms in total. The predicted molar refractivity (Wildman–Crippen MR) is 110 cm³/mol. The summed E-state index contributed by atoms with van der Waals surface area (Å²) in [6.45, 7) is 5.87. The standard InChI is InChI=1S/C20H30N6O/c1-3-12-26-14-22-17-18(21-11-10-15-8-6-5-7-9-15)24-20(25-19(17)26)23-16(4-2)13-27/h5-9,14,16-17,19,27H,3-4,10-13H2,1-2H3,(H2,21,23,24,25)/t16-,17?,19?/m1/s1. The fraction of sp³-hybridized carbons (Fsp3) is 0.550. The number of aliphatic imine (C=N–C) groups is 3. The number of hydrogen-bond acceptors (Lipinski definition) is 6. The van der Waals surface area contributed by atoms with Gasteiger partial charge in [0.1, 0.15) is 11.9 Å². The number of fused-ring (bicyclic) bond motifs is 1. The molecule has 0 fully saturated rings. The first-order chi connectivity index (χ1) is 13.2. The first-order valence-corrected chi connectivity index (χ1v) is 9.84. The van der Waals surface area contributed by atoms with Crippen molar-refractivity contribution in [2.75, 3.05) is 19.7 Å². The molecule has 146 valence electrons.